The minimum Gasteiger partial charge on any atom is -0.497 e. The molecule has 1 aromatic heterocycles. The average Bonchev–Trinajstić information content (AvgIpc) is 2.47. The summed E-state index contributed by atoms with van der Waals surface area (Å²) in [6.45, 7) is 0. The zero-order chi connectivity index (χ0) is 13.2. The van der Waals surface area contributed by atoms with Crippen LogP contribution in [0.15, 0.2) is 42.7 Å². The highest BCUT2D eigenvalue weighted by Crippen LogP contribution is 2.41. The SMILES string of the molecule is COc1ccc2c(c1)OC(c1cccnc1)C[C@H]2O. The number of fused-ring (bicyclic) bond motifs is 1. The van der Waals surface area contributed by atoms with Crippen LogP contribution in [0.5, 0.6) is 11.5 Å². The first kappa shape index (κ1) is 12.0. The standard InChI is InChI=1S/C15H15NO3/c1-18-11-4-5-12-13(17)8-14(19-15(12)7-11)10-3-2-6-16-9-10/h2-7,9,13-14,17H,8H2,1H3/t13-,14?/m1/s1. The van der Waals surface area contributed by atoms with Gasteiger partial charge in [-0.3, -0.25) is 4.98 Å². The summed E-state index contributed by atoms with van der Waals surface area (Å²) in [5, 5.41) is 10.2. The molecule has 0 saturated carbocycles. The molecule has 1 aromatic carbocycles. The highest BCUT2D eigenvalue weighted by Gasteiger charge is 2.28. The molecule has 0 amide bonds. The number of benzene rings is 1. The maximum atomic E-state index is 10.2. The Morgan fingerprint density at radius 3 is 3.00 bits per heavy atom. The van der Waals surface area contributed by atoms with Crippen molar-refractivity contribution in [3.8, 4) is 11.5 Å². The second-order valence-electron chi connectivity index (χ2n) is 4.55. The van der Waals surface area contributed by atoms with Crippen LogP contribution in [0.25, 0.3) is 0 Å². The van der Waals surface area contributed by atoms with Gasteiger partial charge in [0.15, 0.2) is 0 Å². The molecule has 19 heavy (non-hydrogen) atoms. The Morgan fingerprint density at radius 1 is 1.37 bits per heavy atom. The molecule has 0 radical (unpaired) electrons. The number of aliphatic hydroxyl groups excluding tert-OH is 1. The minimum atomic E-state index is -0.528. The summed E-state index contributed by atoms with van der Waals surface area (Å²) in [6.07, 6.45) is 3.32. The van der Waals surface area contributed by atoms with Crippen LogP contribution in [0.3, 0.4) is 0 Å². The van der Waals surface area contributed by atoms with E-state index < -0.39 is 6.10 Å². The molecular weight excluding hydrogens is 242 g/mol. The number of methoxy groups -OCH3 is 1. The van der Waals surface area contributed by atoms with Gasteiger partial charge < -0.3 is 14.6 Å². The molecule has 2 heterocycles. The van der Waals surface area contributed by atoms with Gasteiger partial charge in [-0.2, -0.15) is 0 Å². The van der Waals surface area contributed by atoms with Crippen molar-refractivity contribution in [2.24, 2.45) is 0 Å². The zero-order valence-electron chi connectivity index (χ0n) is 10.6. The molecule has 4 heteroatoms. The number of nitrogens with zero attached hydrogens (tertiary/aromatic N) is 1. The van der Waals surface area contributed by atoms with E-state index in [1.165, 1.54) is 0 Å². The van der Waals surface area contributed by atoms with E-state index in [1.54, 1.807) is 25.6 Å². The van der Waals surface area contributed by atoms with E-state index in [-0.39, 0.29) is 6.10 Å². The third kappa shape index (κ3) is 2.27. The van der Waals surface area contributed by atoms with Gasteiger partial charge in [0.2, 0.25) is 0 Å². The van der Waals surface area contributed by atoms with Gasteiger partial charge in [-0.05, 0) is 18.2 Å². The molecule has 1 aliphatic heterocycles. The predicted octanol–water partition coefficient (Wildman–Crippen LogP) is 2.65. The fraction of sp³-hybridized carbons (Fsp3) is 0.267. The molecule has 2 atom stereocenters. The molecule has 4 nitrogen and oxygen atoms in total. The van der Waals surface area contributed by atoms with Gasteiger partial charge in [-0.25, -0.2) is 0 Å². The van der Waals surface area contributed by atoms with Crippen LogP contribution >= 0.6 is 0 Å². The third-order valence-corrected chi connectivity index (χ3v) is 3.34. The van der Waals surface area contributed by atoms with Crippen LogP contribution in [-0.2, 0) is 0 Å². The first-order valence-corrected chi connectivity index (χ1v) is 6.20. The maximum absolute atomic E-state index is 10.2. The van der Waals surface area contributed by atoms with Crippen molar-refractivity contribution in [1.82, 2.24) is 4.98 Å². The van der Waals surface area contributed by atoms with Gasteiger partial charge in [0.05, 0.1) is 13.2 Å². The van der Waals surface area contributed by atoms with E-state index in [0.29, 0.717) is 12.2 Å². The van der Waals surface area contributed by atoms with Crippen molar-refractivity contribution in [3.05, 3.63) is 53.9 Å². The molecule has 1 N–H and O–H groups in total. The molecule has 0 aliphatic carbocycles. The molecular formula is C15H15NO3. The molecule has 0 fully saturated rings. The van der Waals surface area contributed by atoms with Gasteiger partial charge in [0, 0.05) is 36.0 Å². The lowest BCUT2D eigenvalue weighted by Crippen LogP contribution is -2.19. The first-order valence-electron chi connectivity index (χ1n) is 6.20. The number of aromatic nitrogens is 1. The smallest absolute Gasteiger partial charge is 0.129 e. The number of pyridine rings is 1. The maximum Gasteiger partial charge on any atom is 0.129 e. The Balaban J connectivity index is 1.94. The van der Waals surface area contributed by atoms with Gasteiger partial charge in [0.1, 0.15) is 17.6 Å². The Kier molecular flexibility index (Phi) is 3.09. The van der Waals surface area contributed by atoms with Gasteiger partial charge >= 0.3 is 0 Å². The summed E-state index contributed by atoms with van der Waals surface area (Å²) >= 11 is 0. The summed E-state index contributed by atoms with van der Waals surface area (Å²) in [5.74, 6) is 1.39. The highest BCUT2D eigenvalue weighted by atomic mass is 16.5. The van der Waals surface area contributed by atoms with Crippen LogP contribution in [0.4, 0.5) is 0 Å². The number of ether oxygens (including phenoxy) is 2. The van der Waals surface area contributed by atoms with Crippen LogP contribution in [0.2, 0.25) is 0 Å². The first-order chi connectivity index (χ1) is 9.28. The molecule has 2 aromatic rings. The third-order valence-electron chi connectivity index (χ3n) is 3.34. The highest BCUT2D eigenvalue weighted by molar-refractivity contribution is 5.43. The zero-order valence-corrected chi connectivity index (χ0v) is 10.6. The summed E-state index contributed by atoms with van der Waals surface area (Å²) in [5.41, 5.74) is 1.77. The van der Waals surface area contributed by atoms with Crippen molar-refractivity contribution in [2.45, 2.75) is 18.6 Å². The Hall–Kier alpha value is -2.07. The Morgan fingerprint density at radius 2 is 2.26 bits per heavy atom. The van der Waals surface area contributed by atoms with Crippen LogP contribution in [0.1, 0.15) is 29.8 Å². The molecule has 0 saturated heterocycles. The fourth-order valence-electron chi connectivity index (χ4n) is 2.32. The largest absolute Gasteiger partial charge is 0.497 e. The summed E-state index contributed by atoms with van der Waals surface area (Å²) in [4.78, 5) is 4.09. The number of rotatable bonds is 2. The monoisotopic (exact) mass is 257 g/mol. The van der Waals surface area contributed by atoms with E-state index in [4.69, 9.17) is 9.47 Å². The second kappa shape index (κ2) is 4.90. The van der Waals surface area contributed by atoms with Crippen molar-refractivity contribution in [1.29, 1.82) is 0 Å². The van der Waals surface area contributed by atoms with Crippen LogP contribution < -0.4 is 9.47 Å². The topological polar surface area (TPSA) is 51.6 Å². The van der Waals surface area contributed by atoms with Crippen molar-refractivity contribution in [2.75, 3.05) is 7.11 Å². The summed E-state index contributed by atoms with van der Waals surface area (Å²) in [7, 11) is 1.61. The minimum absolute atomic E-state index is 0.177. The predicted molar refractivity (Wildman–Crippen MR) is 70.2 cm³/mol. The number of hydrogen-bond acceptors (Lipinski definition) is 4. The molecule has 1 unspecified atom stereocenters. The normalized spacial score (nSPS) is 21.4. The van der Waals surface area contributed by atoms with E-state index >= 15 is 0 Å². The van der Waals surface area contributed by atoms with Gasteiger partial charge in [-0.1, -0.05) is 6.07 Å². The van der Waals surface area contributed by atoms with E-state index in [2.05, 4.69) is 4.98 Å². The molecule has 1 aliphatic rings. The lowest BCUT2D eigenvalue weighted by atomic mass is 9.96. The molecule has 0 bridgehead atoms. The molecule has 3 rings (SSSR count). The van der Waals surface area contributed by atoms with Crippen molar-refractivity contribution < 1.29 is 14.6 Å². The van der Waals surface area contributed by atoms with Gasteiger partial charge in [0.25, 0.3) is 0 Å². The molecule has 0 spiro atoms. The Bertz CT molecular complexity index is 571. The van der Waals surface area contributed by atoms with E-state index in [1.807, 2.05) is 24.3 Å². The summed E-state index contributed by atoms with van der Waals surface area (Å²) in [6, 6.07) is 9.30. The van der Waals surface area contributed by atoms with E-state index in [9.17, 15) is 5.11 Å². The molecule has 98 valence electrons. The second-order valence-corrected chi connectivity index (χ2v) is 4.55. The van der Waals surface area contributed by atoms with Crippen LogP contribution in [0, 0.1) is 0 Å². The quantitative estimate of drug-likeness (QED) is 0.898. The van der Waals surface area contributed by atoms with Crippen molar-refractivity contribution >= 4 is 0 Å². The van der Waals surface area contributed by atoms with Crippen LogP contribution in [-0.4, -0.2) is 17.2 Å². The van der Waals surface area contributed by atoms with Gasteiger partial charge in [-0.15, -0.1) is 0 Å². The lowest BCUT2D eigenvalue weighted by molar-refractivity contribution is 0.0653. The number of aliphatic hydroxyl groups is 1. The number of hydrogen-bond donors (Lipinski definition) is 1. The Labute approximate surface area is 111 Å². The average molecular weight is 257 g/mol. The summed E-state index contributed by atoms with van der Waals surface area (Å²) < 4.78 is 11.1. The fourth-order valence-corrected chi connectivity index (χ4v) is 2.32. The van der Waals surface area contributed by atoms with E-state index in [0.717, 1.165) is 16.9 Å². The lowest BCUT2D eigenvalue weighted by Gasteiger charge is -2.29. The van der Waals surface area contributed by atoms with Crippen molar-refractivity contribution in [3.63, 3.8) is 0 Å².